The standard InChI is InChI=1S/C28H32ClN3O2/c1-21(2)22-7-13-26(14-8-22)34-20-28(33)30-24-9-11-25(12-10-24)32-17-15-31(16-18-32)19-23-5-3-4-6-27(23)29/h3-14,21H,15-20H2,1-2H3,(H,30,33). The van der Waals surface area contributed by atoms with E-state index in [2.05, 4.69) is 47.2 Å². The van der Waals surface area contributed by atoms with Crippen molar-refractivity contribution in [3.63, 3.8) is 0 Å². The zero-order chi connectivity index (χ0) is 23.9. The number of rotatable bonds is 8. The van der Waals surface area contributed by atoms with Crippen LogP contribution in [0.2, 0.25) is 5.02 Å². The molecular weight excluding hydrogens is 446 g/mol. The molecule has 0 bridgehead atoms. The molecule has 0 radical (unpaired) electrons. The van der Waals surface area contributed by atoms with Crippen molar-refractivity contribution in [2.45, 2.75) is 26.3 Å². The lowest BCUT2D eigenvalue weighted by atomic mass is 10.0. The molecule has 0 aliphatic carbocycles. The first-order valence-electron chi connectivity index (χ1n) is 11.8. The SMILES string of the molecule is CC(C)c1ccc(OCC(=O)Nc2ccc(N3CCN(Cc4ccccc4Cl)CC3)cc2)cc1. The highest BCUT2D eigenvalue weighted by Crippen LogP contribution is 2.22. The number of carbonyl (C=O) groups is 1. The Labute approximate surface area is 207 Å². The number of hydrogen-bond acceptors (Lipinski definition) is 4. The second kappa shape index (κ2) is 11.4. The lowest BCUT2D eigenvalue weighted by Crippen LogP contribution is -2.46. The van der Waals surface area contributed by atoms with E-state index in [1.165, 1.54) is 11.1 Å². The van der Waals surface area contributed by atoms with Crippen LogP contribution in [0, 0.1) is 0 Å². The molecule has 178 valence electrons. The van der Waals surface area contributed by atoms with Gasteiger partial charge in [0, 0.05) is 49.1 Å². The normalized spacial score (nSPS) is 14.3. The maximum atomic E-state index is 12.3. The quantitative estimate of drug-likeness (QED) is 0.445. The van der Waals surface area contributed by atoms with Crippen LogP contribution in [0.15, 0.2) is 72.8 Å². The Hall–Kier alpha value is -3.02. The third kappa shape index (κ3) is 6.52. The van der Waals surface area contributed by atoms with Gasteiger partial charge in [0.05, 0.1) is 0 Å². The van der Waals surface area contributed by atoms with Gasteiger partial charge in [-0.15, -0.1) is 0 Å². The summed E-state index contributed by atoms with van der Waals surface area (Å²) in [7, 11) is 0. The summed E-state index contributed by atoms with van der Waals surface area (Å²) in [5.41, 5.74) is 4.36. The number of nitrogens with one attached hydrogen (secondary N) is 1. The van der Waals surface area contributed by atoms with E-state index < -0.39 is 0 Å². The van der Waals surface area contributed by atoms with E-state index in [1.807, 2.05) is 54.6 Å². The summed E-state index contributed by atoms with van der Waals surface area (Å²) in [5, 5.41) is 3.74. The third-order valence-electron chi connectivity index (χ3n) is 6.16. The van der Waals surface area contributed by atoms with Crippen molar-refractivity contribution in [2.75, 3.05) is 43.0 Å². The molecule has 0 atom stereocenters. The number of carbonyl (C=O) groups excluding carboxylic acids is 1. The molecule has 0 unspecified atom stereocenters. The monoisotopic (exact) mass is 477 g/mol. The summed E-state index contributed by atoms with van der Waals surface area (Å²) < 4.78 is 5.62. The minimum atomic E-state index is -0.172. The van der Waals surface area contributed by atoms with Crippen molar-refractivity contribution in [3.05, 3.63) is 88.9 Å². The van der Waals surface area contributed by atoms with E-state index in [1.54, 1.807) is 0 Å². The zero-order valence-corrected chi connectivity index (χ0v) is 20.6. The number of halogens is 1. The fraction of sp³-hybridized carbons (Fsp3) is 0.321. The van der Waals surface area contributed by atoms with Crippen LogP contribution in [-0.2, 0) is 11.3 Å². The molecule has 1 heterocycles. The van der Waals surface area contributed by atoms with Gasteiger partial charge in [-0.1, -0.05) is 55.8 Å². The summed E-state index contributed by atoms with van der Waals surface area (Å²) in [6.45, 7) is 9.05. The average Bonchev–Trinajstić information content (AvgIpc) is 2.85. The van der Waals surface area contributed by atoms with E-state index >= 15 is 0 Å². The Kier molecular flexibility index (Phi) is 8.09. The fourth-order valence-electron chi connectivity index (χ4n) is 4.08. The smallest absolute Gasteiger partial charge is 0.262 e. The minimum Gasteiger partial charge on any atom is -0.484 e. The molecule has 0 aromatic heterocycles. The number of amides is 1. The van der Waals surface area contributed by atoms with Crippen molar-refractivity contribution < 1.29 is 9.53 Å². The fourth-order valence-corrected chi connectivity index (χ4v) is 4.28. The first kappa shape index (κ1) is 24.1. The minimum absolute atomic E-state index is 0.0177. The highest BCUT2D eigenvalue weighted by atomic mass is 35.5. The highest BCUT2D eigenvalue weighted by molar-refractivity contribution is 6.31. The number of nitrogens with zero attached hydrogens (tertiary/aromatic N) is 2. The van der Waals surface area contributed by atoms with Crippen LogP contribution in [0.25, 0.3) is 0 Å². The molecule has 0 spiro atoms. The molecule has 3 aromatic carbocycles. The summed E-state index contributed by atoms with van der Waals surface area (Å²) in [5.74, 6) is 0.995. The van der Waals surface area contributed by atoms with Crippen LogP contribution < -0.4 is 15.0 Å². The molecule has 1 saturated heterocycles. The van der Waals surface area contributed by atoms with Gasteiger partial charge in [-0.2, -0.15) is 0 Å². The second-order valence-corrected chi connectivity index (χ2v) is 9.37. The van der Waals surface area contributed by atoms with Gasteiger partial charge in [0.2, 0.25) is 0 Å². The van der Waals surface area contributed by atoms with Crippen molar-refractivity contribution in [1.29, 1.82) is 0 Å². The van der Waals surface area contributed by atoms with Gasteiger partial charge in [0.25, 0.3) is 5.91 Å². The topological polar surface area (TPSA) is 44.8 Å². The Morgan fingerprint density at radius 1 is 0.941 bits per heavy atom. The summed E-state index contributed by atoms with van der Waals surface area (Å²) in [6.07, 6.45) is 0. The van der Waals surface area contributed by atoms with Gasteiger partial charge in [-0.3, -0.25) is 9.69 Å². The van der Waals surface area contributed by atoms with Crippen molar-refractivity contribution >= 4 is 28.9 Å². The number of benzene rings is 3. The summed E-state index contributed by atoms with van der Waals surface area (Å²) in [4.78, 5) is 17.1. The van der Waals surface area contributed by atoms with Crippen molar-refractivity contribution in [3.8, 4) is 5.75 Å². The summed E-state index contributed by atoms with van der Waals surface area (Å²) in [6, 6.07) is 23.9. The van der Waals surface area contributed by atoms with Crippen molar-refractivity contribution in [2.24, 2.45) is 0 Å². The van der Waals surface area contributed by atoms with Crippen LogP contribution in [0.3, 0.4) is 0 Å². The number of piperazine rings is 1. The molecule has 1 N–H and O–H groups in total. The van der Waals surface area contributed by atoms with Crippen LogP contribution in [0.1, 0.15) is 30.9 Å². The van der Waals surface area contributed by atoms with E-state index in [9.17, 15) is 4.79 Å². The molecule has 34 heavy (non-hydrogen) atoms. The summed E-state index contributed by atoms with van der Waals surface area (Å²) >= 11 is 6.31. The van der Waals surface area contributed by atoms with Gasteiger partial charge in [0.15, 0.2) is 6.61 Å². The highest BCUT2D eigenvalue weighted by Gasteiger charge is 2.18. The predicted molar refractivity (Wildman–Crippen MR) is 140 cm³/mol. The van der Waals surface area contributed by atoms with E-state index in [-0.39, 0.29) is 12.5 Å². The molecule has 1 fully saturated rings. The number of anilines is 2. The second-order valence-electron chi connectivity index (χ2n) is 8.96. The Morgan fingerprint density at radius 3 is 2.26 bits per heavy atom. The Balaban J connectivity index is 1.22. The largest absolute Gasteiger partial charge is 0.484 e. The van der Waals surface area contributed by atoms with E-state index in [0.29, 0.717) is 11.7 Å². The van der Waals surface area contributed by atoms with Gasteiger partial charge < -0.3 is 15.0 Å². The van der Waals surface area contributed by atoms with Crippen LogP contribution >= 0.6 is 11.6 Å². The first-order valence-corrected chi connectivity index (χ1v) is 12.2. The molecule has 1 amide bonds. The van der Waals surface area contributed by atoms with Gasteiger partial charge in [0.1, 0.15) is 5.75 Å². The zero-order valence-electron chi connectivity index (χ0n) is 19.8. The molecule has 1 aliphatic heterocycles. The number of hydrogen-bond donors (Lipinski definition) is 1. The molecule has 4 rings (SSSR count). The van der Waals surface area contributed by atoms with Gasteiger partial charge >= 0.3 is 0 Å². The molecule has 3 aromatic rings. The van der Waals surface area contributed by atoms with Crippen LogP contribution in [-0.4, -0.2) is 43.6 Å². The average molecular weight is 478 g/mol. The first-order chi connectivity index (χ1) is 16.5. The van der Waals surface area contributed by atoms with Crippen LogP contribution in [0.4, 0.5) is 11.4 Å². The molecule has 1 aliphatic rings. The maximum Gasteiger partial charge on any atom is 0.262 e. The molecular formula is C28H32ClN3O2. The van der Waals surface area contributed by atoms with Crippen molar-refractivity contribution in [1.82, 2.24) is 4.90 Å². The molecule has 0 saturated carbocycles. The lowest BCUT2D eigenvalue weighted by Gasteiger charge is -2.36. The van der Waals surface area contributed by atoms with Gasteiger partial charge in [-0.25, -0.2) is 0 Å². The third-order valence-corrected chi connectivity index (χ3v) is 6.53. The van der Waals surface area contributed by atoms with Gasteiger partial charge in [-0.05, 0) is 59.5 Å². The predicted octanol–water partition coefficient (Wildman–Crippen LogP) is 5.80. The lowest BCUT2D eigenvalue weighted by molar-refractivity contribution is -0.118. The van der Waals surface area contributed by atoms with E-state index in [0.717, 1.165) is 49.1 Å². The number of ether oxygens (including phenoxy) is 1. The Bertz CT molecular complexity index is 1080. The maximum absolute atomic E-state index is 12.3. The van der Waals surface area contributed by atoms with Crippen LogP contribution in [0.5, 0.6) is 5.75 Å². The molecule has 5 nitrogen and oxygen atoms in total. The van der Waals surface area contributed by atoms with E-state index in [4.69, 9.17) is 16.3 Å². The Morgan fingerprint density at radius 2 is 1.62 bits per heavy atom. The molecule has 6 heteroatoms.